The largest absolute Gasteiger partial charge is 0.497 e. The second kappa shape index (κ2) is 9.29. The van der Waals surface area contributed by atoms with Gasteiger partial charge < -0.3 is 19.1 Å². The van der Waals surface area contributed by atoms with Crippen molar-refractivity contribution in [2.45, 2.75) is 62.8 Å². The number of amides is 1. The number of hydrogen-bond donors (Lipinski definition) is 0. The number of benzene rings is 1. The summed E-state index contributed by atoms with van der Waals surface area (Å²) in [4.78, 5) is 28.3. The standard InChI is InChI=1S/C24H31N3O5S/c1-6-31-22(28)20-18-14-33-19-12-16(30-5)9-10-17(19)21(18)27(25-20)15-8-7-11-26(13-15)23(29)32-24(2,3)4/h9-10,12,15H,6-8,11,13-14H2,1-5H3. The van der Waals surface area contributed by atoms with Gasteiger partial charge in [-0.1, -0.05) is 0 Å². The minimum Gasteiger partial charge on any atom is -0.497 e. The van der Waals surface area contributed by atoms with Crippen molar-refractivity contribution in [1.82, 2.24) is 14.7 Å². The monoisotopic (exact) mass is 473 g/mol. The normalized spacial score (nSPS) is 17.7. The van der Waals surface area contributed by atoms with Crippen molar-refractivity contribution >= 4 is 23.8 Å². The van der Waals surface area contributed by atoms with Crippen LogP contribution in [0.15, 0.2) is 23.1 Å². The molecule has 4 rings (SSSR count). The molecular formula is C24H31N3O5S. The molecule has 0 aliphatic carbocycles. The highest BCUT2D eigenvalue weighted by molar-refractivity contribution is 7.98. The predicted octanol–water partition coefficient (Wildman–Crippen LogP) is 4.91. The fraction of sp³-hybridized carbons (Fsp3) is 0.542. The molecule has 2 aliphatic rings. The van der Waals surface area contributed by atoms with E-state index in [0.717, 1.165) is 40.3 Å². The Morgan fingerprint density at radius 2 is 2.06 bits per heavy atom. The summed E-state index contributed by atoms with van der Waals surface area (Å²) in [6.45, 7) is 8.79. The molecule has 1 aromatic carbocycles. The van der Waals surface area contributed by atoms with Gasteiger partial charge in [0, 0.05) is 34.9 Å². The van der Waals surface area contributed by atoms with Crippen LogP contribution >= 0.6 is 11.8 Å². The number of carbonyl (C=O) groups excluding carboxylic acids is 2. The van der Waals surface area contributed by atoms with Crippen LogP contribution in [0, 0.1) is 0 Å². The summed E-state index contributed by atoms with van der Waals surface area (Å²) >= 11 is 1.66. The summed E-state index contributed by atoms with van der Waals surface area (Å²) in [6, 6.07) is 5.88. The molecule has 9 heteroatoms. The first-order chi connectivity index (χ1) is 15.7. The van der Waals surface area contributed by atoms with Crippen LogP contribution in [0.2, 0.25) is 0 Å². The van der Waals surface area contributed by atoms with Crippen LogP contribution < -0.4 is 4.74 Å². The van der Waals surface area contributed by atoms with Crippen LogP contribution in [0.1, 0.15) is 62.6 Å². The van der Waals surface area contributed by atoms with Crippen LogP contribution in [0.5, 0.6) is 5.75 Å². The highest BCUT2D eigenvalue weighted by Gasteiger charge is 2.35. The molecule has 3 heterocycles. The zero-order valence-electron chi connectivity index (χ0n) is 19.8. The molecule has 0 radical (unpaired) electrons. The third kappa shape index (κ3) is 4.83. The van der Waals surface area contributed by atoms with Crippen molar-refractivity contribution in [3.8, 4) is 17.0 Å². The summed E-state index contributed by atoms with van der Waals surface area (Å²) < 4.78 is 18.2. The number of esters is 1. The van der Waals surface area contributed by atoms with E-state index in [1.807, 2.05) is 43.7 Å². The van der Waals surface area contributed by atoms with Gasteiger partial charge in [-0.3, -0.25) is 4.68 Å². The lowest BCUT2D eigenvalue weighted by Crippen LogP contribution is -2.43. The molecule has 2 aromatic rings. The summed E-state index contributed by atoms with van der Waals surface area (Å²) in [5.74, 6) is 0.992. The minimum atomic E-state index is -0.554. The van der Waals surface area contributed by atoms with E-state index >= 15 is 0 Å². The number of methoxy groups -OCH3 is 1. The summed E-state index contributed by atoms with van der Waals surface area (Å²) in [5, 5.41) is 4.76. The molecule has 1 fully saturated rings. The number of ether oxygens (including phenoxy) is 3. The van der Waals surface area contributed by atoms with Crippen LogP contribution in [0.3, 0.4) is 0 Å². The van der Waals surface area contributed by atoms with Gasteiger partial charge in [0.2, 0.25) is 0 Å². The fourth-order valence-electron chi connectivity index (χ4n) is 4.26. The highest BCUT2D eigenvalue weighted by Crippen LogP contribution is 2.45. The van der Waals surface area contributed by atoms with Gasteiger partial charge in [-0.2, -0.15) is 5.10 Å². The van der Waals surface area contributed by atoms with E-state index in [1.165, 1.54) is 0 Å². The zero-order valence-corrected chi connectivity index (χ0v) is 20.7. The Hall–Kier alpha value is -2.68. The van der Waals surface area contributed by atoms with E-state index in [-0.39, 0.29) is 18.7 Å². The Labute approximate surface area is 198 Å². The first kappa shape index (κ1) is 23.5. The Morgan fingerprint density at radius 1 is 1.27 bits per heavy atom. The third-order valence-electron chi connectivity index (χ3n) is 5.69. The number of piperidine rings is 1. The Morgan fingerprint density at radius 3 is 2.76 bits per heavy atom. The minimum absolute atomic E-state index is 0.0683. The molecule has 8 nitrogen and oxygen atoms in total. The van der Waals surface area contributed by atoms with E-state index in [4.69, 9.17) is 19.3 Å². The maximum absolute atomic E-state index is 12.7. The second-order valence-corrected chi connectivity index (χ2v) is 10.2. The van der Waals surface area contributed by atoms with Crippen molar-refractivity contribution in [3.05, 3.63) is 29.5 Å². The van der Waals surface area contributed by atoms with E-state index in [1.54, 1.807) is 30.7 Å². The number of thioether (sulfide) groups is 1. The van der Waals surface area contributed by atoms with E-state index in [9.17, 15) is 9.59 Å². The second-order valence-electron chi connectivity index (χ2n) is 9.21. The van der Waals surface area contributed by atoms with E-state index in [2.05, 4.69) is 0 Å². The Balaban J connectivity index is 1.73. The summed E-state index contributed by atoms with van der Waals surface area (Å²) in [7, 11) is 1.65. The Bertz CT molecular complexity index is 1060. The van der Waals surface area contributed by atoms with Crippen molar-refractivity contribution in [2.24, 2.45) is 0 Å². The third-order valence-corrected chi connectivity index (χ3v) is 6.77. The topological polar surface area (TPSA) is 82.9 Å². The zero-order chi connectivity index (χ0) is 23.8. The molecule has 0 spiro atoms. The summed E-state index contributed by atoms with van der Waals surface area (Å²) in [6.07, 6.45) is 1.37. The van der Waals surface area contributed by atoms with Crippen molar-refractivity contribution in [3.63, 3.8) is 0 Å². The van der Waals surface area contributed by atoms with Gasteiger partial charge in [0.15, 0.2) is 5.69 Å². The van der Waals surface area contributed by atoms with Gasteiger partial charge in [-0.15, -0.1) is 11.8 Å². The predicted molar refractivity (Wildman–Crippen MR) is 126 cm³/mol. The number of aromatic nitrogens is 2. The highest BCUT2D eigenvalue weighted by atomic mass is 32.2. The van der Waals surface area contributed by atoms with Gasteiger partial charge in [0.25, 0.3) is 0 Å². The number of nitrogens with zero attached hydrogens (tertiary/aromatic N) is 3. The molecule has 0 N–H and O–H groups in total. The first-order valence-corrected chi connectivity index (χ1v) is 12.3. The lowest BCUT2D eigenvalue weighted by molar-refractivity contribution is 0.0166. The van der Waals surface area contributed by atoms with Gasteiger partial charge in [0.05, 0.1) is 25.5 Å². The smallest absolute Gasteiger partial charge is 0.410 e. The van der Waals surface area contributed by atoms with Crippen LogP contribution in [0.25, 0.3) is 11.3 Å². The molecular weight excluding hydrogens is 442 g/mol. The Kier molecular flexibility index (Phi) is 6.61. The van der Waals surface area contributed by atoms with Crippen LogP contribution in [0.4, 0.5) is 4.79 Å². The van der Waals surface area contributed by atoms with Crippen molar-refractivity contribution in [2.75, 3.05) is 26.8 Å². The number of rotatable bonds is 4. The maximum atomic E-state index is 12.7. The quantitative estimate of drug-likeness (QED) is 0.583. The lowest BCUT2D eigenvalue weighted by Gasteiger charge is -2.35. The van der Waals surface area contributed by atoms with Gasteiger partial charge in [-0.05, 0) is 58.7 Å². The van der Waals surface area contributed by atoms with Gasteiger partial charge in [-0.25, -0.2) is 9.59 Å². The molecule has 0 bridgehead atoms. The van der Waals surface area contributed by atoms with E-state index < -0.39 is 11.6 Å². The molecule has 1 unspecified atom stereocenters. The molecule has 1 saturated heterocycles. The average molecular weight is 474 g/mol. The van der Waals surface area contributed by atoms with E-state index in [0.29, 0.717) is 24.5 Å². The fourth-order valence-corrected chi connectivity index (χ4v) is 5.35. The molecule has 2 aliphatic heterocycles. The molecule has 1 amide bonds. The van der Waals surface area contributed by atoms with Crippen LogP contribution in [-0.4, -0.2) is 59.2 Å². The average Bonchev–Trinajstić information content (AvgIpc) is 3.18. The maximum Gasteiger partial charge on any atom is 0.410 e. The SMILES string of the molecule is CCOC(=O)c1nn(C2CCCN(C(=O)OC(C)(C)C)C2)c2c1CSc1cc(OC)ccc1-2. The number of fused-ring (bicyclic) bond motifs is 3. The van der Waals surface area contributed by atoms with Crippen LogP contribution in [-0.2, 0) is 15.2 Å². The molecule has 178 valence electrons. The molecule has 1 aromatic heterocycles. The number of likely N-dealkylation sites (tertiary alicyclic amines) is 1. The van der Waals surface area contributed by atoms with Gasteiger partial charge >= 0.3 is 12.1 Å². The first-order valence-electron chi connectivity index (χ1n) is 11.3. The van der Waals surface area contributed by atoms with Crippen molar-refractivity contribution < 1.29 is 23.8 Å². The lowest BCUT2D eigenvalue weighted by atomic mass is 10.0. The number of carbonyl (C=O) groups is 2. The molecule has 0 saturated carbocycles. The van der Waals surface area contributed by atoms with Gasteiger partial charge in [0.1, 0.15) is 11.4 Å². The summed E-state index contributed by atoms with van der Waals surface area (Å²) in [5.41, 5.74) is 2.62. The number of hydrogen-bond acceptors (Lipinski definition) is 7. The molecule has 1 atom stereocenters. The molecule has 33 heavy (non-hydrogen) atoms. The van der Waals surface area contributed by atoms with Crippen molar-refractivity contribution in [1.29, 1.82) is 0 Å².